The van der Waals surface area contributed by atoms with Gasteiger partial charge in [0.1, 0.15) is 18.3 Å². The van der Waals surface area contributed by atoms with Crippen LogP contribution in [0.2, 0.25) is 0 Å². The molecule has 4 aromatic rings. The molecular formula is C33H35FN2O6S. The zero-order chi connectivity index (χ0) is 30.4. The topological polar surface area (TPSA) is 116 Å². The average Bonchev–Trinajstić information content (AvgIpc) is 3.01. The number of ether oxygens (including phenoxy) is 1. The van der Waals surface area contributed by atoms with Crippen LogP contribution >= 0.6 is 0 Å². The molecule has 1 saturated carbocycles. The van der Waals surface area contributed by atoms with Crippen molar-refractivity contribution in [2.24, 2.45) is 0 Å². The maximum Gasteiger partial charge on any atom is 0.305 e. The van der Waals surface area contributed by atoms with Gasteiger partial charge in [0.15, 0.2) is 0 Å². The molecule has 0 unspecified atom stereocenters. The van der Waals surface area contributed by atoms with E-state index in [0.717, 1.165) is 31.2 Å². The van der Waals surface area contributed by atoms with Crippen LogP contribution in [0.25, 0.3) is 10.8 Å². The molecule has 0 aromatic heterocycles. The van der Waals surface area contributed by atoms with Crippen molar-refractivity contribution in [3.05, 3.63) is 95.8 Å². The molecule has 0 spiro atoms. The number of nitrogens with zero attached hydrogens (tertiary/aromatic N) is 1. The lowest BCUT2D eigenvalue weighted by molar-refractivity contribution is -0.136. The van der Waals surface area contributed by atoms with Crippen LogP contribution in [0.5, 0.6) is 5.75 Å². The van der Waals surface area contributed by atoms with Gasteiger partial charge >= 0.3 is 5.97 Å². The molecule has 226 valence electrons. The van der Waals surface area contributed by atoms with Crippen molar-refractivity contribution in [2.45, 2.75) is 55.9 Å². The Balaban J connectivity index is 1.47. The zero-order valence-corrected chi connectivity index (χ0v) is 24.5. The van der Waals surface area contributed by atoms with Gasteiger partial charge in [-0.05, 0) is 60.2 Å². The van der Waals surface area contributed by atoms with Gasteiger partial charge in [0.05, 0.1) is 29.3 Å². The number of aromatic hydroxyl groups is 1. The van der Waals surface area contributed by atoms with E-state index >= 15 is 0 Å². The molecule has 0 amide bonds. The maximum atomic E-state index is 13.7. The highest BCUT2D eigenvalue weighted by Crippen LogP contribution is 2.41. The van der Waals surface area contributed by atoms with Gasteiger partial charge in [-0.1, -0.05) is 67.8 Å². The first-order valence-electron chi connectivity index (χ1n) is 14.4. The molecule has 0 aliphatic heterocycles. The van der Waals surface area contributed by atoms with Crippen LogP contribution in [0.1, 0.15) is 55.6 Å². The van der Waals surface area contributed by atoms with Crippen LogP contribution in [0.15, 0.2) is 83.8 Å². The molecule has 3 N–H and O–H groups in total. The Morgan fingerprint density at radius 3 is 2.44 bits per heavy atom. The number of hydrogen-bond acceptors (Lipinski definition) is 6. The third kappa shape index (κ3) is 7.44. The number of fused-ring (bicyclic) bond motifs is 1. The third-order valence-electron chi connectivity index (χ3n) is 7.83. The number of anilines is 2. The highest BCUT2D eigenvalue weighted by molar-refractivity contribution is 7.92. The summed E-state index contributed by atoms with van der Waals surface area (Å²) in [5.74, 6) is -1.26. The molecule has 1 aliphatic carbocycles. The van der Waals surface area contributed by atoms with Gasteiger partial charge in [0.2, 0.25) is 0 Å². The molecule has 10 heteroatoms. The fourth-order valence-electron chi connectivity index (χ4n) is 5.63. The molecule has 1 aliphatic rings. The normalized spacial score (nSPS) is 14.1. The molecule has 0 radical (unpaired) electrons. The Morgan fingerprint density at radius 1 is 0.953 bits per heavy atom. The number of aliphatic carboxylic acids is 1. The quantitative estimate of drug-likeness (QED) is 0.118. The number of benzene rings is 4. The molecule has 0 bridgehead atoms. The first-order chi connectivity index (χ1) is 20.7. The minimum absolute atomic E-state index is 0.0278. The molecule has 5 rings (SSSR count). The highest BCUT2D eigenvalue weighted by Gasteiger charge is 2.23. The number of halogens is 1. The summed E-state index contributed by atoms with van der Waals surface area (Å²) in [6.45, 7) is -0.113. The molecule has 0 heterocycles. The van der Waals surface area contributed by atoms with Gasteiger partial charge in [-0.3, -0.25) is 9.52 Å². The number of hydrogen-bond donors (Lipinski definition) is 3. The molecule has 8 nitrogen and oxygen atoms in total. The maximum absolute atomic E-state index is 13.7. The predicted octanol–water partition coefficient (Wildman–Crippen LogP) is 6.99. The summed E-state index contributed by atoms with van der Waals surface area (Å²) in [6, 6.07) is 21.3. The molecule has 0 saturated heterocycles. The summed E-state index contributed by atoms with van der Waals surface area (Å²) in [7, 11) is -4.02. The predicted molar refractivity (Wildman–Crippen MR) is 164 cm³/mol. The molecular weight excluding hydrogens is 571 g/mol. The van der Waals surface area contributed by atoms with Gasteiger partial charge in [0.25, 0.3) is 10.0 Å². The van der Waals surface area contributed by atoms with Gasteiger partial charge in [-0.2, -0.15) is 0 Å². The first-order valence-corrected chi connectivity index (χ1v) is 15.9. The number of carboxylic acids is 1. The van der Waals surface area contributed by atoms with Gasteiger partial charge in [-0.25, -0.2) is 12.8 Å². The summed E-state index contributed by atoms with van der Waals surface area (Å²) in [4.78, 5) is 13.1. The smallest absolute Gasteiger partial charge is 0.305 e. The highest BCUT2D eigenvalue weighted by atomic mass is 32.2. The van der Waals surface area contributed by atoms with E-state index in [-0.39, 0.29) is 48.3 Å². The fraction of sp³-hybridized carbons (Fsp3) is 0.303. The van der Waals surface area contributed by atoms with Crippen molar-refractivity contribution in [1.82, 2.24) is 0 Å². The number of sulfonamides is 1. The fourth-order valence-corrected chi connectivity index (χ4v) is 6.76. The van der Waals surface area contributed by atoms with Crippen LogP contribution in [-0.4, -0.2) is 37.9 Å². The van der Waals surface area contributed by atoms with Crippen molar-refractivity contribution < 1.29 is 32.6 Å². The van der Waals surface area contributed by atoms with Crippen LogP contribution < -0.4 is 9.62 Å². The summed E-state index contributed by atoms with van der Waals surface area (Å²) in [5.41, 5.74) is 2.03. The first kappa shape index (κ1) is 30.3. The Kier molecular flexibility index (Phi) is 9.47. The average molecular weight is 607 g/mol. The Bertz CT molecular complexity index is 1710. The second-order valence-electron chi connectivity index (χ2n) is 10.9. The van der Waals surface area contributed by atoms with Crippen LogP contribution in [0.3, 0.4) is 0 Å². The lowest BCUT2D eigenvalue weighted by Gasteiger charge is -2.27. The van der Waals surface area contributed by atoms with Crippen LogP contribution in [0.4, 0.5) is 15.8 Å². The SMILES string of the molecule is O=C(O)CCN(COCc1cccc(F)c1)c1cc(NS(=O)(=O)c2cccc(C3CCCCC3)c2)c2ccccc2c1O. The number of phenolic OH excluding ortho intramolecular Hbond substituents is 1. The molecule has 43 heavy (non-hydrogen) atoms. The van der Waals surface area contributed by atoms with Crippen molar-refractivity contribution in [1.29, 1.82) is 0 Å². The minimum Gasteiger partial charge on any atom is -0.505 e. The van der Waals surface area contributed by atoms with E-state index in [4.69, 9.17) is 4.74 Å². The number of rotatable bonds is 12. The zero-order valence-electron chi connectivity index (χ0n) is 23.7. The standard InChI is InChI=1S/C33H35FN2O6S/c34-26-12-6-8-23(18-26)21-42-22-36(17-16-32(37)38)31-20-30(28-14-4-5-15-29(28)33(31)39)35-43(40,41)27-13-7-11-25(19-27)24-9-2-1-3-10-24/h4-8,11-15,18-20,24,35,39H,1-3,9-10,16-17,21-22H2,(H,37,38). The Morgan fingerprint density at radius 2 is 1.70 bits per heavy atom. The summed E-state index contributed by atoms with van der Waals surface area (Å²) in [5, 5.41) is 21.5. The van der Waals surface area contributed by atoms with E-state index < -0.39 is 21.8 Å². The summed E-state index contributed by atoms with van der Waals surface area (Å²) in [6.07, 6.45) is 5.28. The molecule has 1 fully saturated rings. The number of carboxylic acid groups (broad SMARTS) is 1. The summed E-state index contributed by atoms with van der Waals surface area (Å²) >= 11 is 0. The largest absolute Gasteiger partial charge is 0.505 e. The van der Waals surface area contributed by atoms with E-state index in [1.54, 1.807) is 54.6 Å². The molecule has 0 atom stereocenters. The Labute approximate surface area is 250 Å². The van der Waals surface area contributed by atoms with Crippen molar-refractivity contribution in [3.63, 3.8) is 0 Å². The summed E-state index contributed by atoms with van der Waals surface area (Å²) < 4.78 is 49.5. The van der Waals surface area contributed by atoms with Crippen LogP contribution in [0, 0.1) is 5.82 Å². The second kappa shape index (κ2) is 13.4. The Hall–Kier alpha value is -4.15. The van der Waals surface area contributed by atoms with Gasteiger partial charge in [0, 0.05) is 17.3 Å². The third-order valence-corrected chi connectivity index (χ3v) is 9.19. The van der Waals surface area contributed by atoms with Gasteiger partial charge in [-0.15, -0.1) is 0 Å². The number of phenols is 1. The second-order valence-corrected chi connectivity index (χ2v) is 12.5. The lowest BCUT2D eigenvalue weighted by atomic mass is 9.84. The number of nitrogens with one attached hydrogen (secondary N) is 1. The minimum atomic E-state index is -4.02. The monoisotopic (exact) mass is 606 g/mol. The molecule has 4 aromatic carbocycles. The van der Waals surface area contributed by atoms with Gasteiger partial charge < -0.3 is 19.8 Å². The van der Waals surface area contributed by atoms with E-state index in [1.165, 1.54) is 29.5 Å². The lowest BCUT2D eigenvalue weighted by Crippen LogP contribution is -2.29. The van der Waals surface area contributed by atoms with E-state index in [0.29, 0.717) is 22.3 Å². The van der Waals surface area contributed by atoms with E-state index in [9.17, 15) is 27.8 Å². The van der Waals surface area contributed by atoms with Crippen molar-refractivity contribution in [2.75, 3.05) is 22.9 Å². The van der Waals surface area contributed by atoms with Crippen molar-refractivity contribution in [3.8, 4) is 5.75 Å². The van der Waals surface area contributed by atoms with Crippen molar-refractivity contribution >= 4 is 38.1 Å². The van der Waals surface area contributed by atoms with E-state index in [2.05, 4.69) is 4.72 Å². The van der Waals surface area contributed by atoms with E-state index in [1.807, 2.05) is 6.07 Å². The number of carbonyl (C=O) groups is 1. The van der Waals surface area contributed by atoms with Crippen LogP contribution in [-0.2, 0) is 26.2 Å².